The zero-order valence-electron chi connectivity index (χ0n) is 14.6. The van der Waals surface area contributed by atoms with Gasteiger partial charge in [-0.2, -0.15) is 0 Å². The van der Waals surface area contributed by atoms with Gasteiger partial charge in [-0.25, -0.2) is 15.0 Å². The third-order valence-electron chi connectivity index (χ3n) is 5.61. The molecule has 4 rings (SSSR count). The lowest BCUT2D eigenvalue weighted by Crippen LogP contribution is -2.39. The van der Waals surface area contributed by atoms with Crippen molar-refractivity contribution in [3.05, 3.63) is 23.5 Å². The quantitative estimate of drug-likeness (QED) is 0.817. The van der Waals surface area contributed by atoms with Gasteiger partial charge in [0.15, 0.2) is 5.82 Å². The fourth-order valence-electron chi connectivity index (χ4n) is 4.07. The molecule has 0 bridgehead atoms. The second-order valence-corrected chi connectivity index (χ2v) is 8.69. The Morgan fingerprint density at radius 2 is 1.77 bits per heavy atom. The highest BCUT2D eigenvalue weighted by molar-refractivity contribution is 7.99. The molecule has 3 heterocycles. The number of rotatable bonds is 3. The third kappa shape index (κ3) is 3.55. The van der Waals surface area contributed by atoms with Crippen molar-refractivity contribution >= 4 is 40.8 Å². The summed E-state index contributed by atoms with van der Waals surface area (Å²) in [5.74, 6) is 1.69. The Morgan fingerprint density at radius 1 is 1.04 bits per heavy atom. The second kappa shape index (κ2) is 7.12. The van der Waals surface area contributed by atoms with Gasteiger partial charge in [0, 0.05) is 24.2 Å². The molecule has 1 saturated carbocycles. The summed E-state index contributed by atoms with van der Waals surface area (Å²) in [4.78, 5) is 16.2. The second-order valence-electron chi connectivity index (χ2n) is 7.25. The van der Waals surface area contributed by atoms with Crippen molar-refractivity contribution in [2.45, 2.75) is 48.4 Å². The Balaban J connectivity index is 1.47. The Morgan fingerprint density at radius 3 is 2.46 bits per heavy atom. The van der Waals surface area contributed by atoms with Crippen LogP contribution in [0.25, 0.3) is 0 Å². The fourth-order valence-corrected chi connectivity index (χ4v) is 5.08. The standard InChI is InChI=1S/C18H23ClN6S/c19-12-10-22-14(20)9-13(12)26-17-16(21)24-15(11-23-17)25-7-5-18(6-8-25)3-1-2-4-18/h9-11H,1-8H2,(H2,20,22)(H2,21,24). The van der Waals surface area contributed by atoms with E-state index in [-0.39, 0.29) is 0 Å². The van der Waals surface area contributed by atoms with Crippen LogP contribution >= 0.6 is 23.4 Å². The molecule has 0 amide bonds. The summed E-state index contributed by atoms with van der Waals surface area (Å²) < 4.78 is 0. The van der Waals surface area contributed by atoms with Crippen LogP contribution in [0.2, 0.25) is 5.02 Å². The number of anilines is 3. The number of nitrogens with two attached hydrogens (primary N) is 2. The predicted molar refractivity (Wildman–Crippen MR) is 107 cm³/mol. The van der Waals surface area contributed by atoms with Gasteiger partial charge in [-0.05, 0) is 37.2 Å². The molecule has 1 spiro atoms. The van der Waals surface area contributed by atoms with Gasteiger partial charge in [-0.15, -0.1) is 0 Å². The zero-order valence-corrected chi connectivity index (χ0v) is 16.2. The van der Waals surface area contributed by atoms with Gasteiger partial charge >= 0.3 is 0 Å². The van der Waals surface area contributed by atoms with Crippen LogP contribution in [0.5, 0.6) is 0 Å². The molecule has 26 heavy (non-hydrogen) atoms. The van der Waals surface area contributed by atoms with Crippen LogP contribution in [0.4, 0.5) is 17.5 Å². The molecule has 2 aliphatic rings. The summed E-state index contributed by atoms with van der Waals surface area (Å²) in [6.45, 7) is 2.07. The zero-order chi connectivity index (χ0) is 18.1. The van der Waals surface area contributed by atoms with Crippen LogP contribution in [0, 0.1) is 5.41 Å². The van der Waals surface area contributed by atoms with E-state index in [1.165, 1.54) is 56.5 Å². The number of piperidine rings is 1. The molecule has 1 saturated heterocycles. The third-order valence-corrected chi connectivity index (χ3v) is 7.09. The van der Waals surface area contributed by atoms with E-state index in [2.05, 4.69) is 19.9 Å². The van der Waals surface area contributed by atoms with E-state index in [0.717, 1.165) is 23.8 Å². The number of aromatic nitrogens is 3. The van der Waals surface area contributed by atoms with Gasteiger partial charge in [-0.1, -0.05) is 36.2 Å². The lowest BCUT2D eigenvalue weighted by Gasteiger charge is -2.39. The Hall–Kier alpha value is -1.73. The van der Waals surface area contributed by atoms with Crippen LogP contribution in [0.3, 0.4) is 0 Å². The molecule has 2 aromatic heterocycles. The minimum absolute atomic E-state index is 0.411. The van der Waals surface area contributed by atoms with E-state index < -0.39 is 0 Å². The van der Waals surface area contributed by atoms with E-state index in [1.807, 2.05) is 6.20 Å². The summed E-state index contributed by atoms with van der Waals surface area (Å²) >= 11 is 7.53. The molecule has 0 unspecified atom stereocenters. The number of hydrogen-bond donors (Lipinski definition) is 2. The molecule has 1 aliphatic heterocycles. The van der Waals surface area contributed by atoms with Gasteiger partial charge in [-0.3, -0.25) is 0 Å². The van der Waals surface area contributed by atoms with Crippen LogP contribution in [0.1, 0.15) is 38.5 Å². The Kier molecular flexibility index (Phi) is 4.84. The molecule has 138 valence electrons. The molecular weight excluding hydrogens is 368 g/mol. The number of hydrogen-bond acceptors (Lipinski definition) is 7. The van der Waals surface area contributed by atoms with Gasteiger partial charge < -0.3 is 16.4 Å². The lowest BCUT2D eigenvalue weighted by molar-refractivity contribution is 0.226. The summed E-state index contributed by atoms with van der Waals surface area (Å²) in [6, 6.07) is 1.72. The van der Waals surface area contributed by atoms with Crippen molar-refractivity contribution in [2.24, 2.45) is 5.41 Å². The average Bonchev–Trinajstić information content (AvgIpc) is 3.08. The van der Waals surface area contributed by atoms with E-state index in [1.54, 1.807) is 6.07 Å². The topological polar surface area (TPSA) is 94.0 Å². The van der Waals surface area contributed by atoms with Crippen molar-refractivity contribution in [1.82, 2.24) is 15.0 Å². The lowest BCUT2D eigenvalue weighted by atomic mass is 9.77. The van der Waals surface area contributed by atoms with Crippen molar-refractivity contribution in [2.75, 3.05) is 29.5 Å². The minimum atomic E-state index is 0.411. The first-order chi connectivity index (χ1) is 12.5. The molecule has 2 fully saturated rings. The van der Waals surface area contributed by atoms with Crippen LogP contribution in [0.15, 0.2) is 28.4 Å². The summed E-state index contributed by atoms with van der Waals surface area (Å²) in [6.07, 6.45) is 11.4. The summed E-state index contributed by atoms with van der Waals surface area (Å²) in [5.41, 5.74) is 12.5. The fraction of sp³-hybridized carbons (Fsp3) is 0.500. The number of nitrogen functional groups attached to an aromatic ring is 2. The van der Waals surface area contributed by atoms with Crippen LogP contribution in [-0.4, -0.2) is 28.0 Å². The molecule has 0 radical (unpaired) electrons. The highest BCUT2D eigenvalue weighted by atomic mass is 35.5. The summed E-state index contributed by atoms with van der Waals surface area (Å²) in [7, 11) is 0. The molecule has 8 heteroatoms. The van der Waals surface area contributed by atoms with Crippen molar-refractivity contribution in [3.63, 3.8) is 0 Å². The summed E-state index contributed by atoms with van der Waals surface area (Å²) in [5, 5.41) is 1.15. The van der Waals surface area contributed by atoms with E-state index in [4.69, 9.17) is 23.1 Å². The van der Waals surface area contributed by atoms with Crippen LogP contribution < -0.4 is 16.4 Å². The smallest absolute Gasteiger partial charge is 0.158 e. The van der Waals surface area contributed by atoms with Crippen molar-refractivity contribution < 1.29 is 0 Å². The van der Waals surface area contributed by atoms with E-state index >= 15 is 0 Å². The van der Waals surface area contributed by atoms with E-state index in [0.29, 0.717) is 27.1 Å². The van der Waals surface area contributed by atoms with Gasteiger partial charge in [0.2, 0.25) is 0 Å². The first kappa shape index (κ1) is 17.7. The molecule has 1 aliphatic carbocycles. The normalized spacial score (nSPS) is 19.2. The van der Waals surface area contributed by atoms with E-state index in [9.17, 15) is 0 Å². The van der Waals surface area contributed by atoms with Crippen molar-refractivity contribution in [1.29, 1.82) is 0 Å². The monoisotopic (exact) mass is 390 g/mol. The molecule has 0 atom stereocenters. The highest BCUT2D eigenvalue weighted by Crippen LogP contribution is 2.46. The van der Waals surface area contributed by atoms with Crippen LogP contribution in [-0.2, 0) is 0 Å². The first-order valence-corrected chi connectivity index (χ1v) is 10.2. The maximum atomic E-state index is 6.17. The van der Waals surface area contributed by atoms with Gasteiger partial charge in [0.05, 0.1) is 11.2 Å². The number of nitrogens with zero attached hydrogens (tertiary/aromatic N) is 4. The molecule has 6 nitrogen and oxygen atoms in total. The Labute approximate surface area is 162 Å². The maximum absolute atomic E-state index is 6.17. The molecular formula is C18H23ClN6S. The number of halogens is 1. The largest absolute Gasteiger partial charge is 0.384 e. The molecule has 4 N–H and O–H groups in total. The highest BCUT2D eigenvalue weighted by Gasteiger charge is 2.37. The SMILES string of the molecule is Nc1cc(Sc2ncc(N3CCC4(CCCC4)CC3)nc2N)c(Cl)cn1. The van der Waals surface area contributed by atoms with Crippen molar-refractivity contribution in [3.8, 4) is 0 Å². The van der Waals surface area contributed by atoms with Gasteiger partial charge in [0.25, 0.3) is 0 Å². The first-order valence-electron chi connectivity index (χ1n) is 9.01. The average molecular weight is 391 g/mol. The van der Waals surface area contributed by atoms with Gasteiger partial charge in [0.1, 0.15) is 16.7 Å². The number of pyridine rings is 1. The minimum Gasteiger partial charge on any atom is -0.384 e. The predicted octanol–water partition coefficient (Wildman–Crippen LogP) is 4.00. The Bertz CT molecular complexity index is 798. The maximum Gasteiger partial charge on any atom is 0.158 e. The molecule has 0 aromatic carbocycles. The molecule has 2 aromatic rings.